The van der Waals surface area contributed by atoms with E-state index in [9.17, 15) is 18.0 Å². The van der Waals surface area contributed by atoms with Crippen LogP contribution in [-0.4, -0.2) is 38.4 Å². The number of halogens is 3. The van der Waals surface area contributed by atoms with Crippen molar-refractivity contribution < 1.29 is 22.7 Å². The number of rotatable bonds is 6. The summed E-state index contributed by atoms with van der Waals surface area (Å²) in [4.78, 5) is 21.5. The maximum absolute atomic E-state index is 12.9. The van der Waals surface area contributed by atoms with Gasteiger partial charge in [-0.3, -0.25) is 9.78 Å². The minimum Gasteiger partial charge on any atom is -0.406 e. The monoisotopic (exact) mass is 470 g/mol. The normalized spacial score (nSPS) is 11.6. The average Bonchev–Trinajstić information content (AvgIpc) is 3.12. The quantitative estimate of drug-likeness (QED) is 0.443. The third-order valence-electron chi connectivity index (χ3n) is 5.14. The largest absolute Gasteiger partial charge is 0.573 e. The molecule has 4 aromatic rings. The summed E-state index contributed by atoms with van der Waals surface area (Å²) < 4.78 is 42.7. The molecule has 1 amide bonds. The summed E-state index contributed by atoms with van der Waals surface area (Å²) in [5.41, 5.74) is 10.1. The number of fused-ring (bicyclic) bond motifs is 1. The molecule has 0 aliphatic heterocycles. The second-order valence-electron chi connectivity index (χ2n) is 7.64. The van der Waals surface area contributed by atoms with Crippen molar-refractivity contribution in [1.29, 1.82) is 0 Å². The topological polar surface area (TPSA) is 107 Å². The van der Waals surface area contributed by atoms with E-state index in [-0.39, 0.29) is 24.1 Å². The first-order valence-corrected chi connectivity index (χ1v) is 10.3. The van der Waals surface area contributed by atoms with Gasteiger partial charge in [0.2, 0.25) is 5.95 Å². The molecular formula is C23H21F3N6O2. The van der Waals surface area contributed by atoms with Crippen molar-refractivity contribution in [2.75, 3.05) is 12.3 Å². The molecule has 0 fully saturated rings. The standard InChI is InChI=1S/C23H21F3N6O2/c1-13-18(16-7-9-32-20(11-16)30-22(27)31-32)12-19(14(2)29-13)21(33)28-8-6-15-4-3-5-17(10-15)34-23(24,25)26/h3-5,7,9-12H,6,8H2,1-2H3,(H2,27,31)(H,28,33). The Morgan fingerprint density at radius 2 is 1.91 bits per heavy atom. The molecular weight excluding hydrogens is 449 g/mol. The summed E-state index contributed by atoms with van der Waals surface area (Å²) in [6.07, 6.45) is -2.70. The fraction of sp³-hybridized carbons (Fsp3) is 0.217. The third-order valence-corrected chi connectivity index (χ3v) is 5.14. The number of aromatic nitrogens is 4. The van der Waals surface area contributed by atoms with Gasteiger partial charge in [-0.25, -0.2) is 4.52 Å². The number of aryl methyl sites for hydroxylation is 2. The third kappa shape index (κ3) is 5.25. The van der Waals surface area contributed by atoms with Crippen LogP contribution in [0.5, 0.6) is 5.75 Å². The summed E-state index contributed by atoms with van der Waals surface area (Å²) >= 11 is 0. The lowest BCUT2D eigenvalue weighted by molar-refractivity contribution is -0.274. The van der Waals surface area contributed by atoms with Gasteiger partial charge in [-0.05, 0) is 61.7 Å². The molecule has 4 rings (SSSR count). The van der Waals surface area contributed by atoms with Gasteiger partial charge in [0.25, 0.3) is 5.91 Å². The maximum atomic E-state index is 12.9. The van der Waals surface area contributed by atoms with E-state index < -0.39 is 6.36 Å². The van der Waals surface area contributed by atoms with E-state index in [4.69, 9.17) is 5.73 Å². The molecule has 0 bridgehead atoms. The lowest BCUT2D eigenvalue weighted by Crippen LogP contribution is -2.27. The predicted octanol–water partition coefficient (Wildman–Crippen LogP) is 3.86. The molecule has 0 aliphatic carbocycles. The molecule has 3 heterocycles. The number of carbonyl (C=O) groups is 1. The van der Waals surface area contributed by atoms with Crippen LogP contribution >= 0.6 is 0 Å². The number of nitrogen functional groups attached to an aromatic ring is 1. The molecule has 0 saturated carbocycles. The average molecular weight is 470 g/mol. The Bertz CT molecular complexity index is 1370. The van der Waals surface area contributed by atoms with Crippen molar-refractivity contribution in [2.24, 2.45) is 0 Å². The molecule has 11 heteroatoms. The Morgan fingerprint density at radius 3 is 2.68 bits per heavy atom. The lowest BCUT2D eigenvalue weighted by Gasteiger charge is -2.13. The fourth-order valence-electron chi connectivity index (χ4n) is 3.63. The molecule has 176 valence electrons. The van der Waals surface area contributed by atoms with Gasteiger partial charge in [-0.2, -0.15) is 4.98 Å². The number of hydrogen-bond acceptors (Lipinski definition) is 6. The molecule has 0 unspecified atom stereocenters. The zero-order valence-corrected chi connectivity index (χ0v) is 18.3. The van der Waals surface area contributed by atoms with Crippen molar-refractivity contribution in [2.45, 2.75) is 26.6 Å². The maximum Gasteiger partial charge on any atom is 0.573 e. The second kappa shape index (κ2) is 9.00. The van der Waals surface area contributed by atoms with Gasteiger partial charge in [-0.1, -0.05) is 12.1 Å². The number of alkyl halides is 3. The van der Waals surface area contributed by atoms with Crippen molar-refractivity contribution in [3.8, 4) is 16.9 Å². The highest BCUT2D eigenvalue weighted by Gasteiger charge is 2.31. The van der Waals surface area contributed by atoms with E-state index in [1.54, 1.807) is 35.8 Å². The number of nitrogens with two attached hydrogens (primary N) is 1. The minimum atomic E-state index is -4.76. The number of hydrogen-bond donors (Lipinski definition) is 2. The molecule has 0 saturated heterocycles. The Balaban J connectivity index is 1.48. The van der Waals surface area contributed by atoms with E-state index in [1.165, 1.54) is 18.2 Å². The first-order valence-electron chi connectivity index (χ1n) is 10.3. The molecule has 8 nitrogen and oxygen atoms in total. The highest BCUT2D eigenvalue weighted by atomic mass is 19.4. The molecule has 0 atom stereocenters. The predicted molar refractivity (Wildman–Crippen MR) is 119 cm³/mol. The summed E-state index contributed by atoms with van der Waals surface area (Å²) in [6, 6.07) is 11.1. The van der Waals surface area contributed by atoms with Crippen LogP contribution in [0, 0.1) is 13.8 Å². The number of pyridine rings is 2. The number of ether oxygens (including phenoxy) is 1. The molecule has 0 radical (unpaired) electrons. The molecule has 1 aromatic carbocycles. The van der Waals surface area contributed by atoms with Crippen molar-refractivity contribution in [1.82, 2.24) is 24.9 Å². The van der Waals surface area contributed by atoms with Crippen LogP contribution in [0.4, 0.5) is 19.1 Å². The van der Waals surface area contributed by atoms with Crippen LogP contribution in [0.3, 0.4) is 0 Å². The van der Waals surface area contributed by atoms with E-state index in [0.29, 0.717) is 28.9 Å². The number of nitrogens with one attached hydrogen (secondary N) is 1. The van der Waals surface area contributed by atoms with Gasteiger partial charge in [0.05, 0.1) is 11.3 Å². The van der Waals surface area contributed by atoms with Crippen LogP contribution in [-0.2, 0) is 6.42 Å². The van der Waals surface area contributed by atoms with E-state index in [2.05, 4.69) is 25.1 Å². The fourth-order valence-corrected chi connectivity index (χ4v) is 3.63. The molecule has 0 aliphatic rings. The van der Waals surface area contributed by atoms with Crippen LogP contribution in [0.25, 0.3) is 16.8 Å². The Kier molecular flexibility index (Phi) is 6.10. The van der Waals surface area contributed by atoms with Crippen LogP contribution in [0.2, 0.25) is 0 Å². The van der Waals surface area contributed by atoms with Crippen LogP contribution in [0.1, 0.15) is 27.3 Å². The highest BCUT2D eigenvalue weighted by Crippen LogP contribution is 2.26. The molecule has 0 spiro atoms. The second-order valence-corrected chi connectivity index (χ2v) is 7.64. The zero-order chi connectivity index (χ0) is 24.5. The van der Waals surface area contributed by atoms with Crippen molar-refractivity contribution >= 4 is 17.5 Å². The lowest BCUT2D eigenvalue weighted by atomic mass is 10.0. The highest BCUT2D eigenvalue weighted by molar-refractivity contribution is 5.96. The summed E-state index contributed by atoms with van der Waals surface area (Å²) in [7, 11) is 0. The van der Waals surface area contributed by atoms with Gasteiger partial charge in [0, 0.05) is 24.0 Å². The van der Waals surface area contributed by atoms with Gasteiger partial charge >= 0.3 is 6.36 Å². The first-order chi connectivity index (χ1) is 16.1. The molecule has 3 aromatic heterocycles. The van der Waals surface area contributed by atoms with Crippen LogP contribution in [0.15, 0.2) is 48.7 Å². The van der Waals surface area contributed by atoms with E-state index in [1.807, 2.05) is 13.0 Å². The van der Waals surface area contributed by atoms with Gasteiger partial charge in [0.15, 0.2) is 5.65 Å². The van der Waals surface area contributed by atoms with Crippen molar-refractivity contribution in [3.63, 3.8) is 0 Å². The van der Waals surface area contributed by atoms with E-state index in [0.717, 1.165) is 16.8 Å². The number of amides is 1. The zero-order valence-electron chi connectivity index (χ0n) is 18.3. The van der Waals surface area contributed by atoms with Crippen molar-refractivity contribution in [3.05, 3.63) is 71.2 Å². The Labute approximate surface area is 192 Å². The summed E-state index contributed by atoms with van der Waals surface area (Å²) in [5.74, 6) is -0.473. The Hall–Kier alpha value is -4.15. The number of benzene rings is 1. The first kappa shape index (κ1) is 23.0. The number of nitrogens with zero attached hydrogens (tertiary/aromatic N) is 4. The molecule has 3 N–H and O–H groups in total. The van der Waals surface area contributed by atoms with E-state index >= 15 is 0 Å². The van der Waals surface area contributed by atoms with Gasteiger partial charge in [-0.15, -0.1) is 18.3 Å². The van der Waals surface area contributed by atoms with Gasteiger partial charge in [0.1, 0.15) is 5.75 Å². The minimum absolute atomic E-state index is 0.159. The SMILES string of the molecule is Cc1nc(C)c(-c2ccn3nc(N)nc3c2)cc1C(=O)NCCc1cccc(OC(F)(F)F)c1. The Morgan fingerprint density at radius 1 is 1.12 bits per heavy atom. The smallest absolute Gasteiger partial charge is 0.406 e. The number of carbonyl (C=O) groups excluding carboxylic acids is 1. The van der Waals surface area contributed by atoms with Crippen LogP contribution < -0.4 is 15.8 Å². The summed E-state index contributed by atoms with van der Waals surface area (Å²) in [6.45, 7) is 3.82. The van der Waals surface area contributed by atoms with Gasteiger partial charge < -0.3 is 15.8 Å². The molecule has 34 heavy (non-hydrogen) atoms. The number of anilines is 1. The summed E-state index contributed by atoms with van der Waals surface area (Å²) in [5, 5.41) is 6.85.